The molecule has 0 rings (SSSR count). The summed E-state index contributed by atoms with van der Waals surface area (Å²) in [5.41, 5.74) is 4.83. The third-order valence-electron chi connectivity index (χ3n) is 1.54. The highest BCUT2D eigenvalue weighted by atomic mass is 16.5. The quantitative estimate of drug-likeness (QED) is 0.511. The van der Waals surface area contributed by atoms with Crippen molar-refractivity contribution in [2.75, 3.05) is 20.3 Å². The molecule has 78 valence electrons. The molecule has 5 nitrogen and oxygen atoms in total. The molecular weight excluding hydrogens is 172 g/mol. The first kappa shape index (κ1) is 12.3. The maximum Gasteiger partial charge on any atom is 0.239 e. The number of hydrogen-bond acceptors (Lipinski definition) is 4. The number of aliphatic hydroxyl groups is 1. The van der Waals surface area contributed by atoms with Crippen LogP contribution >= 0.6 is 0 Å². The molecule has 4 N–H and O–H groups in total. The van der Waals surface area contributed by atoms with Crippen LogP contribution in [-0.2, 0) is 9.53 Å². The maximum atomic E-state index is 11.3. The molecule has 0 saturated carbocycles. The summed E-state index contributed by atoms with van der Waals surface area (Å²) in [6.07, 6.45) is 0. The van der Waals surface area contributed by atoms with Gasteiger partial charge in [0.2, 0.25) is 5.91 Å². The van der Waals surface area contributed by atoms with Crippen molar-refractivity contribution < 1.29 is 14.6 Å². The summed E-state index contributed by atoms with van der Waals surface area (Å²) in [7, 11) is 1.48. The average molecular weight is 190 g/mol. The standard InChI is InChI=1S/C8H18N2O3/c1-8(2,5-11)10-7(12)6(9)4-13-3/h6,11H,4-5,9H2,1-3H3,(H,10,12). The van der Waals surface area contributed by atoms with Crippen molar-refractivity contribution >= 4 is 5.91 Å². The number of nitrogens with one attached hydrogen (secondary N) is 1. The molecule has 0 spiro atoms. The molecule has 0 radical (unpaired) electrons. The molecule has 1 unspecified atom stereocenters. The van der Waals surface area contributed by atoms with Gasteiger partial charge in [-0.3, -0.25) is 4.79 Å². The Bertz CT molecular complexity index is 171. The van der Waals surface area contributed by atoms with Gasteiger partial charge in [0.25, 0.3) is 0 Å². The third kappa shape index (κ3) is 4.82. The molecule has 5 heteroatoms. The van der Waals surface area contributed by atoms with Gasteiger partial charge in [-0.2, -0.15) is 0 Å². The minimum atomic E-state index is -0.684. The summed E-state index contributed by atoms with van der Waals surface area (Å²) in [5, 5.41) is 11.5. The summed E-state index contributed by atoms with van der Waals surface area (Å²) in [6, 6.07) is -0.684. The van der Waals surface area contributed by atoms with E-state index in [1.165, 1.54) is 7.11 Å². The zero-order valence-electron chi connectivity index (χ0n) is 8.33. The fourth-order valence-electron chi connectivity index (χ4n) is 0.721. The number of nitrogens with two attached hydrogens (primary N) is 1. The fourth-order valence-corrected chi connectivity index (χ4v) is 0.721. The zero-order valence-corrected chi connectivity index (χ0v) is 8.33. The van der Waals surface area contributed by atoms with Gasteiger partial charge in [-0.15, -0.1) is 0 Å². The summed E-state index contributed by atoms with van der Waals surface area (Å²) >= 11 is 0. The smallest absolute Gasteiger partial charge is 0.239 e. The minimum absolute atomic E-state index is 0.127. The number of carbonyl (C=O) groups is 1. The van der Waals surface area contributed by atoms with Crippen LogP contribution in [0.2, 0.25) is 0 Å². The summed E-state index contributed by atoms with van der Waals surface area (Å²) in [5.74, 6) is -0.319. The second-order valence-corrected chi connectivity index (χ2v) is 3.59. The Morgan fingerprint density at radius 1 is 1.69 bits per heavy atom. The van der Waals surface area contributed by atoms with E-state index in [1.54, 1.807) is 13.8 Å². The lowest BCUT2D eigenvalue weighted by atomic mass is 10.1. The highest BCUT2D eigenvalue weighted by molar-refractivity contribution is 5.82. The molecule has 0 aliphatic heterocycles. The van der Waals surface area contributed by atoms with Crippen LogP contribution in [0.25, 0.3) is 0 Å². The Morgan fingerprint density at radius 3 is 2.62 bits per heavy atom. The van der Waals surface area contributed by atoms with Gasteiger partial charge in [-0.05, 0) is 13.8 Å². The summed E-state index contributed by atoms with van der Waals surface area (Å²) in [4.78, 5) is 11.3. The predicted octanol–water partition coefficient (Wildman–Crippen LogP) is -1.15. The van der Waals surface area contributed by atoms with Crippen LogP contribution in [0.4, 0.5) is 0 Å². The molecule has 0 aromatic rings. The van der Waals surface area contributed by atoms with Gasteiger partial charge >= 0.3 is 0 Å². The van der Waals surface area contributed by atoms with Crippen molar-refractivity contribution in [2.45, 2.75) is 25.4 Å². The number of carbonyl (C=O) groups excluding carboxylic acids is 1. The van der Waals surface area contributed by atoms with E-state index in [4.69, 9.17) is 15.6 Å². The monoisotopic (exact) mass is 190 g/mol. The van der Waals surface area contributed by atoms with Crippen molar-refractivity contribution in [1.82, 2.24) is 5.32 Å². The van der Waals surface area contributed by atoms with Gasteiger partial charge in [0, 0.05) is 7.11 Å². The number of hydrogen-bond donors (Lipinski definition) is 3. The first-order valence-electron chi connectivity index (χ1n) is 4.10. The molecule has 0 aromatic carbocycles. The molecule has 0 aliphatic rings. The lowest BCUT2D eigenvalue weighted by Gasteiger charge is -2.25. The Kier molecular flexibility index (Phi) is 4.90. The van der Waals surface area contributed by atoms with Gasteiger partial charge < -0.3 is 20.9 Å². The minimum Gasteiger partial charge on any atom is -0.394 e. The highest BCUT2D eigenvalue weighted by Crippen LogP contribution is 1.99. The van der Waals surface area contributed by atoms with Crippen LogP contribution in [0.1, 0.15) is 13.8 Å². The van der Waals surface area contributed by atoms with Gasteiger partial charge in [-0.1, -0.05) is 0 Å². The van der Waals surface area contributed by atoms with Crippen LogP contribution in [0.3, 0.4) is 0 Å². The average Bonchev–Trinajstić information content (AvgIpc) is 2.04. The van der Waals surface area contributed by atoms with Gasteiger partial charge in [0.15, 0.2) is 0 Å². The van der Waals surface area contributed by atoms with Gasteiger partial charge in [0.05, 0.1) is 18.8 Å². The molecule has 0 heterocycles. The van der Waals surface area contributed by atoms with Gasteiger partial charge in [-0.25, -0.2) is 0 Å². The number of amides is 1. The Labute approximate surface area is 78.3 Å². The number of methoxy groups -OCH3 is 1. The van der Waals surface area contributed by atoms with Crippen molar-refractivity contribution in [1.29, 1.82) is 0 Å². The van der Waals surface area contributed by atoms with E-state index in [9.17, 15) is 4.79 Å². The van der Waals surface area contributed by atoms with E-state index in [-0.39, 0.29) is 19.1 Å². The highest BCUT2D eigenvalue weighted by Gasteiger charge is 2.22. The van der Waals surface area contributed by atoms with Crippen LogP contribution in [-0.4, -0.2) is 42.9 Å². The van der Waals surface area contributed by atoms with E-state index in [0.29, 0.717) is 0 Å². The molecule has 0 saturated heterocycles. The van der Waals surface area contributed by atoms with Gasteiger partial charge in [0.1, 0.15) is 6.04 Å². The number of rotatable bonds is 5. The topological polar surface area (TPSA) is 84.6 Å². The van der Waals surface area contributed by atoms with Crippen LogP contribution in [0.15, 0.2) is 0 Å². The SMILES string of the molecule is COCC(N)C(=O)NC(C)(C)CO. The maximum absolute atomic E-state index is 11.3. The van der Waals surface area contributed by atoms with Crippen LogP contribution < -0.4 is 11.1 Å². The number of ether oxygens (including phenoxy) is 1. The largest absolute Gasteiger partial charge is 0.394 e. The summed E-state index contributed by atoms with van der Waals surface area (Å²) in [6.45, 7) is 3.47. The Balaban J connectivity index is 3.99. The predicted molar refractivity (Wildman–Crippen MR) is 49.2 cm³/mol. The van der Waals surface area contributed by atoms with E-state index in [2.05, 4.69) is 5.32 Å². The van der Waals surface area contributed by atoms with Crippen LogP contribution in [0.5, 0.6) is 0 Å². The first-order valence-corrected chi connectivity index (χ1v) is 4.10. The lowest BCUT2D eigenvalue weighted by Crippen LogP contribution is -2.53. The van der Waals surface area contributed by atoms with Crippen molar-refractivity contribution in [2.24, 2.45) is 5.73 Å². The van der Waals surface area contributed by atoms with E-state index >= 15 is 0 Å². The van der Waals surface area contributed by atoms with Crippen molar-refractivity contribution in [3.8, 4) is 0 Å². The van der Waals surface area contributed by atoms with E-state index in [1.807, 2.05) is 0 Å². The zero-order chi connectivity index (χ0) is 10.5. The molecule has 0 fully saturated rings. The molecule has 0 aromatic heterocycles. The van der Waals surface area contributed by atoms with E-state index < -0.39 is 11.6 Å². The molecule has 0 aliphatic carbocycles. The Morgan fingerprint density at radius 2 is 2.23 bits per heavy atom. The molecule has 0 bridgehead atoms. The van der Waals surface area contributed by atoms with Crippen molar-refractivity contribution in [3.63, 3.8) is 0 Å². The lowest BCUT2D eigenvalue weighted by molar-refractivity contribution is -0.125. The second kappa shape index (κ2) is 5.16. The molecule has 1 amide bonds. The first-order chi connectivity index (χ1) is 5.93. The number of aliphatic hydroxyl groups excluding tert-OH is 1. The summed E-state index contributed by atoms with van der Waals surface area (Å²) < 4.78 is 4.72. The van der Waals surface area contributed by atoms with Crippen LogP contribution in [0, 0.1) is 0 Å². The Hall–Kier alpha value is -0.650. The molecular formula is C8H18N2O3. The van der Waals surface area contributed by atoms with E-state index in [0.717, 1.165) is 0 Å². The molecule has 1 atom stereocenters. The third-order valence-corrected chi connectivity index (χ3v) is 1.54. The molecule has 13 heavy (non-hydrogen) atoms. The normalized spacial score (nSPS) is 13.9. The van der Waals surface area contributed by atoms with Crippen molar-refractivity contribution in [3.05, 3.63) is 0 Å². The second-order valence-electron chi connectivity index (χ2n) is 3.59. The fraction of sp³-hybridized carbons (Fsp3) is 0.875.